The summed E-state index contributed by atoms with van der Waals surface area (Å²) in [6.07, 6.45) is -13.7. The Morgan fingerprint density at radius 2 is 0.611 bits per heavy atom. The van der Waals surface area contributed by atoms with Crippen molar-refractivity contribution in [2.24, 2.45) is 0 Å². The average molecular weight is 300 g/mol. The monoisotopic (exact) mass is 300 g/mol. The maximum atomic E-state index is 12.2. The van der Waals surface area contributed by atoms with Crippen molar-refractivity contribution in [3.8, 4) is 0 Å². The van der Waals surface area contributed by atoms with Gasteiger partial charge in [0.2, 0.25) is 11.7 Å². The molecule has 0 bridgehead atoms. The van der Waals surface area contributed by atoms with Crippen LogP contribution in [-0.2, 0) is 0 Å². The van der Waals surface area contributed by atoms with Crippen LogP contribution < -0.4 is 0 Å². The van der Waals surface area contributed by atoms with Crippen molar-refractivity contribution in [2.75, 3.05) is 0 Å². The van der Waals surface area contributed by atoms with Crippen molar-refractivity contribution >= 4 is 0 Å². The Balaban J connectivity index is 5.81. The second kappa shape index (κ2) is 4.23. The first-order valence-electron chi connectivity index (χ1n) is 3.52. The van der Waals surface area contributed by atoms with Crippen LogP contribution in [0.1, 0.15) is 0 Å². The van der Waals surface area contributed by atoms with E-state index in [0.717, 1.165) is 0 Å². The molecule has 0 aromatic carbocycles. The Bertz CT molecular complexity index is 307. The Kier molecular flexibility index (Phi) is 3.97. The van der Waals surface area contributed by atoms with Crippen molar-refractivity contribution in [2.45, 2.75) is 24.2 Å². The van der Waals surface area contributed by atoms with E-state index in [9.17, 15) is 52.7 Å². The van der Waals surface area contributed by atoms with Crippen molar-refractivity contribution in [3.63, 3.8) is 0 Å². The molecule has 0 aliphatic heterocycles. The fourth-order valence-corrected chi connectivity index (χ4v) is 0.525. The molecule has 0 heterocycles. The lowest BCUT2D eigenvalue weighted by atomic mass is 10.2. The fraction of sp³-hybridized carbons (Fsp3) is 0.667. The minimum atomic E-state index is -6.86. The van der Waals surface area contributed by atoms with Gasteiger partial charge in [-0.2, -0.15) is 43.9 Å². The summed E-state index contributed by atoms with van der Waals surface area (Å²) in [4.78, 5) is 0. The van der Waals surface area contributed by atoms with Crippen LogP contribution in [-0.4, -0.2) is 24.2 Å². The van der Waals surface area contributed by atoms with Crippen molar-refractivity contribution < 1.29 is 52.7 Å². The van der Waals surface area contributed by atoms with Gasteiger partial charge in [0, 0.05) is 0 Å². The van der Waals surface area contributed by atoms with Gasteiger partial charge in [0.25, 0.3) is 0 Å². The molecule has 0 aliphatic rings. The molecule has 0 aliphatic carbocycles. The highest BCUT2D eigenvalue weighted by Gasteiger charge is 2.68. The molecule has 0 unspecified atom stereocenters. The molecule has 0 saturated carbocycles. The minimum absolute atomic E-state index is 4.54. The van der Waals surface area contributed by atoms with Gasteiger partial charge in [-0.3, -0.25) is 0 Å². The maximum absolute atomic E-state index is 12.2. The highest BCUT2D eigenvalue weighted by molar-refractivity contribution is 5.19. The third-order valence-electron chi connectivity index (χ3n) is 1.46. The second-order valence-corrected chi connectivity index (χ2v) is 2.77. The molecule has 0 amide bonds. The summed E-state index contributed by atoms with van der Waals surface area (Å²) in [5, 5.41) is 0. The first kappa shape index (κ1) is 16.9. The molecule has 0 spiro atoms. The van der Waals surface area contributed by atoms with Gasteiger partial charge in [-0.1, -0.05) is 0 Å². The molecule has 0 atom stereocenters. The van der Waals surface area contributed by atoms with Crippen LogP contribution in [0.25, 0.3) is 0 Å². The molecule has 18 heavy (non-hydrogen) atoms. The molecule has 0 aromatic rings. The summed E-state index contributed by atoms with van der Waals surface area (Å²) in [5.41, 5.74) is 0. The van der Waals surface area contributed by atoms with Crippen LogP contribution in [0.2, 0.25) is 0 Å². The van der Waals surface area contributed by atoms with Gasteiger partial charge in [0.15, 0.2) is 0 Å². The van der Waals surface area contributed by atoms with E-state index in [0.29, 0.717) is 0 Å². The summed E-state index contributed by atoms with van der Waals surface area (Å²) in [6.45, 7) is 0. The Morgan fingerprint density at radius 1 is 0.444 bits per heavy atom. The lowest BCUT2D eigenvalue weighted by Gasteiger charge is -2.22. The summed E-state index contributed by atoms with van der Waals surface area (Å²) < 4.78 is 141. The summed E-state index contributed by atoms with van der Waals surface area (Å²) in [7, 11) is 0. The molecule has 0 aromatic heterocycles. The zero-order valence-corrected chi connectivity index (χ0v) is 7.54. The van der Waals surface area contributed by atoms with Crippen molar-refractivity contribution in [3.05, 3.63) is 11.7 Å². The van der Waals surface area contributed by atoms with Gasteiger partial charge in [-0.15, -0.1) is 0 Å². The maximum Gasteiger partial charge on any atom is 0.460 e. The predicted molar refractivity (Wildman–Crippen MR) is 31.2 cm³/mol. The van der Waals surface area contributed by atoms with E-state index in [-0.39, 0.29) is 0 Å². The predicted octanol–water partition coefficient (Wildman–Crippen LogP) is 4.53. The average Bonchev–Trinajstić information content (AvgIpc) is 2.11. The van der Waals surface area contributed by atoms with E-state index in [2.05, 4.69) is 0 Å². The van der Waals surface area contributed by atoms with E-state index in [1.54, 1.807) is 0 Å². The van der Waals surface area contributed by atoms with Crippen LogP contribution in [0.15, 0.2) is 11.7 Å². The van der Waals surface area contributed by atoms with Gasteiger partial charge >= 0.3 is 24.2 Å². The SMILES string of the molecule is F/C(=C(\F)C(F)(F)C(F)(F)F)C(F)(F)C(F)(F)F. The first-order chi connectivity index (χ1) is 7.57. The fourth-order valence-electron chi connectivity index (χ4n) is 0.525. The highest BCUT2D eigenvalue weighted by atomic mass is 19.4. The molecule has 12 heteroatoms. The van der Waals surface area contributed by atoms with Crippen LogP contribution in [0.4, 0.5) is 52.7 Å². The number of hydrogen-bond donors (Lipinski definition) is 0. The van der Waals surface area contributed by atoms with E-state index in [1.807, 2.05) is 0 Å². The van der Waals surface area contributed by atoms with Crippen LogP contribution >= 0.6 is 0 Å². The molecular formula is C6F12. The second-order valence-electron chi connectivity index (χ2n) is 2.77. The first-order valence-corrected chi connectivity index (χ1v) is 3.52. The van der Waals surface area contributed by atoms with Gasteiger partial charge in [0.1, 0.15) is 0 Å². The molecule has 0 fully saturated rings. The Morgan fingerprint density at radius 3 is 0.722 bits per heavy atom. The quantitative estimate of drug-likeness (QED) is 0.657. The van der Waals surface area contributed by atoms with Crippen LogP contribution in [0.5, 0.6) is 0 Å². The zero-order valence-electron chi connectivity index (χ0n) is 7.54. The number of allylic oxidation sites excluding steroid dienone is 2. The summed E-state index contributed by atoms with van der Waals surface area (Å²) in [6, 6.07) is 0. The Labute approximate surface area is 89.9 Å². The molecule has 0 nitrogen and oxygen atoms in total. The third-order valence-corrected chi connectivity index (χ3v) is 1.46. The Hall–Kier alpha value is -1.10. The highest BCUT2D eigenvalue weighted by Crippen LogP contribution is 2.49. The number of halogens is 12. The van der Waals surface area contributed by atoms with Gasteiger partial charge in [-0.05, 0) is 0 Å². The van der Waals surface area contributed by atoms with Crippen LogP contribution in [0.3, 0.4) is 0 Å². The normalized spacial score (nSPS) is 16.7. The summed E-state index contributed by atoms with van der Waals surface area (Å²) in [5.74, 6) is -22.7. The third kappa shape index (κ3) is 2.66. The van der Waals surface area contributed by atoms with E-state index in [4.69, 9.17) is 0 Å². The standard InChI is InChI=1S/C6F12/c7-1(3(9,10)5(13,14)15)2(8)4(11,12)6(16,17)18/b2-1-. The van der Waals surface area contributed by atoms with E-state index < -0.39 is 35.9 Å². The molecule has 108 valence electrons. The van der Waals surface area contributed by atoms with Crippen molar-refractivity contribution in [1.29, 1.82) is 0 Å². The van der Waals surface area contributed by atoms with Gasteiger partial charge < -0.3 is 0 Å². The topological polar surface area (TPSA) is 0 Å². The number of alkyl halides is 10. The lowest BCUT2D eigenvalue weighted by Crippen LogP contribution is -2.42. The minimum Gasteiger partial charge on any atom is -0.202 e. The lowest BCUT2D eigenvalue weighted by molar-refractivity contribution is -0.284. The smallest absolute Gasteiger partial charge is 0.202 e. The number of rotatable bonds is 2. The van der Waals surface area contributed by atoms with Crippen LogP contribution in [0, 0.1) is 0 Å². The number of hydrogen-bond acceptors (Lipinski definition) is 0. The van der Waals surface area contributed by atoms with E-state index >= 15 is 0 Å². The van der Waals surface area contributed by atoms with E-state index in [1.165, 1.54) is 0 Å². The van der Waals surface area contributed by atoms with Gasteiger partial charge in [0.05, 0.1) is 0 Å². The zero-order chi connectivity index (χ0) is 15.2. The molecule has 0 saturated heterocycles. The largest absolute Gasteiger partial charge is 0.460 e. The molecular weight excluding hydrogens is 300 g/mol. The molecule has 0 N–H and O–H groups in total. The van der Waals surface area contributed by atoms with Gasteiger partial charge in [-0.25, -0.2) is 8.78 Å². The molecule has 0 rings (SSSR count). The van der Waals surface area contributed by atoms with Crippen molar-refractivity contribution in [1.82, 2.24) is 0 Å². The molecule has 0 radical (unpaired) electrons. The summed E-state index contributed by atoms with van der Waals surface area (Å²) >= 11 is 0.